The number of allylic oxidation sites excluding steroid dienone is 4. The Balaban J connectivity index is 0.869. The van der Waals surface area contributed by atoms with Crippen molar-refractivity contribution >= 4 is 44.2 Å². The van der Waals surface area contributed by atoms with Crippen molar-refractivity contribution in [2.45, 2.75) is 38.5 Å². The molecule has 2 aliphatic heterocycles. The van der Waals surface area contributed by atoms with Gasteiger partial charge in [-0.15, -0.1) is 0 Å². The van der Waals surface area contributed by atoms with Crippen molar-refractivity contribution in [3.8, 4) is 16.8 Å². The molecule has 0 fully saturated rings. The Kier molecular flexibility index (Phi) is 10.6. The molecule has 0 saturated heterocycles. The first-order valence-corrected chi connectivity index (χ1v) is 21.0. The number of aromatic nitrogens is 1. The normalized spacial score (nSPS) is 15.2. The number of anilines is 3. The summed E-state index contributed by atoms with van der Waals surface area (Å²) in [7, 11) is 8.29. The van der Waals surface area contributed by atoms with Crippen LogP contribution in [0, 0.1) is 0 Å². The van der Waals surface area contributed by atoms with Gasteiger partial charge in [-0.3, -0.25) is 0 Å². The highest BCUT2D eigenvalue weighted by molar-refractivity contribution is 8.76. The van der Waals surface area contributed by atoms with Crippen LogP contribution in [-0.4, -0.2) is 38.7 Å². The molecule has 7 rings (SSSR count). The lowest BCUT2D eigenvalue weighted by Gasteiger charge is -2.28. The smallest absolute Gasteiger partial charge is 0.215 e. The lowest BCUT2D eigenvalue weighted by molar-refractivity contribution is -0.599. The number of para-hydroxylation sites is 2. The van der Waals surface area contributed by atoms with Crippen LogP contribution in [0.15, 0.2) is 146 Å². The molecule has 5 aromatic rings. The van der Waals surface area contributed by atoms with Crippen molar-refractivity contribution in [3.63, 3.8) is 0 Å². The third kappa shape index (κ3) is 7.58. The maximum Gasteiger partial charge on any atom is 0.215 e. The molecule has 3 heterocycles. The topological polar surface area (TPSA) is 22.4 Å². The highest BCUT2D eigenvalue weighted by Crippen LogP contribution is 2.40. The van der Waals surface area contributed by atoms with Gasteiger partial charge in [0.2, 0.25) is 5.69 Å². The zero-order valence-electron chi connectivity index (χ0n) is 31.9. The Labute approximate surface area is 324 Å². The van der Waals surface area contributed by atoms with Crippen molar-refractivity contribution in [3.05, 3.63) is 168 Å². The van der Waals surface area contributed by atoms with Gasteiger partial charge >= 0.3 is 0 Å². The lowest BCUT2D eigenvalue weighted by atomic mass is 9.76. The van der Waals surface area contributed by atoms with Crippen molar-refractivity contribution in [2.75, 3.05) is 53.8 Å². The molecule has 53 heavy (non-hydrogen) atoms. The second kappa shape index (κ2) is 15.4. The molecule has 0 amide bonds. The van der Waals surface area contributed by atoms with Gasteiger partial charge in [0.1, 0.15) is 0 Å². The monoisotopic (exact) mass is 735 g/mol. The average Bonchev–Trinajstić information content (AvgIpc) is 3.43. The molecule has 6 heteroatoms. The number of nitrogens with zero attached hydrogens (tertiary/aromatic N) is 3. The summed E-state index contributed by atoms with van der Waals surface area (Å²) >= 11 is 0. The number of rotatable bonds is 11. The van der Waals surface area contributed by atoms with Gasteiger partial charge in [0.05, 0.1) is 5.41 Å². The van der Waals surface area contributed by atoms with Crippen molar-refractivity contribution in [2.24, 2.45) is 0 Å². The first-order valence-electron chi connectivity index (χ1n) is 18.5. The van der Waals surface area contributed by atoms with E-state index in [1.54, 1.807) is 0 Å². The van der Waals surface area contributed by atoms with E-state index >= 15 is 0 Å². The Hall–Kier alpha value is -4.65. The average molecular weight is 736 g/mol. The van der Waals surface area contributed by atoms with Crippen LogP contribution in [-0.2, 0) is 10.8 Å². The van der Waals surface area contributed by atoms with Crippen LogP contribution in [0.4, 0.5) is 17.1 Å². The van der Waals surface area contributed by atoms with E-state index in [1.807, 2.05) is 27.8 Å². The van der Waals surface area contributed by atoms with Crippen LogP contribution in [0.25, 0.3) is 22.4 Å². The molecular formula is C47H51N4S2+. The largest absolute Gasteiger partial charge is 0.374 e. The summed E-state index contributed by atoms with van der Waals surface area (Å²) in [4.78, 5) is 4.70. The van der Waals surface area contributed by atoms with E-state index in [4.69, 9.17) is 0 Å². The van der Waals surface area contributed by atoms with Gasteiger partial charge in [-0.2, -0.15) is 4.57 Å². The zero-order valence-corrected chi connectivity index (χ0v) is 33.5. The van der Waals surface area contributed by atoms with E-state index in [2.05, 4.69) is 196 Å². The fourth-order valence-electron chi connectivity index (χ4n) is 7.41. The molecule has 2 aliphatic rings. The molecule has 0 saturated carbocycles. The molecule has 270 valence electrons. The van der Waals surface area contributed by atoms with Gasteiger partial charge in [-0.05, 0) is 83.7 Å². The quantitative estimate of drug-likeness (QED) is 0.0826. The third-order valence-corrected chi connectivity index (χ3v) is 13.4. The molecule has 0 bridgehead atoms. The molecule has 1 N–H and O–H groups in total. The second-order valence-electron chi connectivity index (χ2n) is 15.2. The van der Waals surface area contributed by atoms with E-state index < -0.39 is 0 Å². The summed E-state index contributed by atoms with van der Waals surface area (Å²) in [6, 6.07) is 39.8. The van der Waals surface area contributed by atoms with Crippen LogP contribution >= 0.6 is 21.6 Å². The van der Waals surface area contributed by atoms with E-state index in [9.17, 15) is 0 Å². The first-order chi connectivity index (χ1) is 25.5. The van der Waals surface area contributed by atoms with Gasteiger partial charge in [0, 0.05) is 91.1 Å². The summed E-state index contributed by atoms with van der Waals surface area (Å²) in [5.41, 5.74) is 14.6. The van der Waals surface area contributed by atoms with Crippen LogP contribution in [0.1, 0.15) is 50.1 Å². The minimum Gasteiger partial charge on any atom is -0.374 e. The molecule has 4 aromatic carbocycles. The highest BCUT2D eigenvalue weighted by atomic mass is 33.1. The minimum absolute atomic E-state index is 0.0192. The predicted molar refractivity (Wildman–Crippen MR) is 233 cm³/mol. The number of nitrogens with one attached hydrogen (secondary N) is 1. The number of hydrogen-bond acceptors (Lipinski definition) is 5. The number of pyridine rings is 1. The fourth-order valence-corrected chi connectivity index (χ4v) is 9.49. The third-order valence-electron chi connectivity index (χ3n) is 11.1. The predicted octanol–water partition coefficient (Wildman–Crippen LogP) is 11.1. The molecule has 0 spiro atoms. The number of fused-ring (bicyclic) bond motifs is 4. The molecule has 0 atom stereocenters. The fraction of sp³-hybridized carbons (Fsp3) is 0.255. The van der Waals surface area contributed by atoms with Gasteiger partial charge in [0.15, 0.2) is 11.9 Å². The van der Waals surface area contributed by atoms with Crippen molar-refractivity contribution in [1.82, 2.24) is 0 Å². The maximum atomic E-state index is 4.49. The first kappa shape index (κ1) is 36.7. The van der Waals surface area contributed by atoms with Gasteiger partial charge < -0.3 is 15.1 Å². The van der Waals surface area contributed by atoms with Gasteiger partial charge in [0.25, 0.3) is 0 Å². The maximum absolute atomic E-state index is 4.49. The summed E-state index contributed by atoms with van der Waals surface area (Å²) < 4.78 is 2.35. The molecule has 0 radical (unpaired) electrons. The summed E-state index contributed by atoms with van der Waals surface area (Å²) in [5, 5.41) is 3.50. The van der Waals surface area contributed by atoms with Crippen LogP contribution in [0.5, 0.6) is 0 Å². The van der Waals surface area contributed by atoms with E-state index in [0.29, 0.717) is 0 Å². The van der Waals surface area contributed by atoms with Crippen molar-refractivity contribution in [1.29, 1.82) is 0 Å². The van der Waals surface area contributed by atoms with Crippen LogP contribution < -0.4 is 19.7 Å². The van der Waals surface area contributed by atoms with Crippen LogP contribution in [0.3, 0.4) is 0 Å². The van der Waals surface area contributed by atoms with Crippen LogP contribution in [0.2, 0.25) is 0 Å². The van der Waals surface area contributed by atoms with Gasteiger partial charge in [-0.25, -0.2) is 0 Å². The summed E-state index contributed by atoms with van der Waals surface area (Å²) in [6.07, 6.45) is 8.65. The lowest BCUT2D eigenvalue weighted by Crippen LogP contribution is -2.34. The number of hydrogen-bond donors (Lipinski definition) is 1. The summed E-state index contributed by atoms with van der Waals surface area (Å²) in [6.45, 7) is 15.6. The van der Waals surface area contributed by atoms with E-state index in [-0.39, 0.29) is 10.8 Å². The zero-order chi connectivity index (χ0) is 37.2. The minimum atomic E-state index is -0.188. The Morgan fingerprint density at radius 2 is 1.25 bits per heavy atom. The molecular weight excluding hydrogens is 685 g/mol. The molecule has 0 aliphatic carbocycles. The molecule has 4 nitrogen and oxygen atoms in total. The van der Waals surface area contributed by atoms with Gasteiger partial charge in [-0.1, -0.05) is 109 Å². The molecule has 0 unspecified atom stereocenters. The Morgan fingerprint density at radius 1 is 0.660 bits per heavy atom. The van der Waals surface area contributed by atoms with E-state index in [1.165, 1.54) is 50.6 Å². The number of benzene rings is 4. The molecule has 1 aromatic heterocycles. The van der Waals surface area contributed by atoms with E-state index in [0.717, 1.165) is 41.4 Å². The second-order valence-corrected chi connectivity index (χ2v) is 17.9. The highest BCUT2D eigenvalue weighted by Gasteiger charge is 2.43. The Bertz CT molecular complexity index is 2160. The Morgan fingerprint density at radius 3 is 1.91 bits per heavy atom. The SMILES string of the molecule is C=C1C=C(c2ccc(N(C)CCSSCCN(C)c3ccc(-c4cc[n+]5c(c4)C(C)(C)c4ccccc4-5)cc3)cc2)C=CNc2ccccc2C1(C)C. The standard InChI is InChI=1S/C47H51N4S2/c1-34-32-37(24-26-48-43-14-10-8-12-41(43)46(34,2)3)35-16-20-39(21-17-35)49(6)28-30-52-53-31-29-50(7)40-22-18-36(19-23-40)38-25-27-51-44-15-11-9-13-42(44)47(4,5)45(51)33-38/h8-27,32-33,48H,1,28-31H2,2-7H3/q+1. The summed E-state index contributed by atoms with van der Waals surface area (Å²) in [5.74, 6) is 2.14. The van der Waals surface area contributed by atoms with Crippen molar-refractivity contribution < 1.29 is 4.57 Å².